The van der Waals surface area contributed by atoms with Crippen LogP contribution in [0.4, 0.5) is 10.5 Å². The highest BCUT2D eigenvalue weighted by atomic mass is 32.2. The number of hydrogen-bond acceptors (Lipinski definition) is 3. The smallest absolute Gasteiger partial charge is 0.321 e. The minimum Gasteiger partial charge on any atom is -0.481 e. The van der Waals surface area contributed by atoms with Crippen LogP contribution in [0.25, 0.3) is 0 Å². The molecule has 6 heteroatoms. The van der Waals surface area contributed by atoms with Gasteiger partial charge in [-0.25, -0.2) is 4.79 Å². The number of benzene rings is 1. The third-order valence-electron chi connectivity index (χ3n) is 4.98. The summed E-state index contributed by atoms with van der Waals surface area (Å²) in [7, 11) is 0. The number of nitrogens with one attached hydrogen (secondary N) is 1. The number of likely N-dealkylation sites (tertiary alicyclic amines) is 1. The molecule has 5 nitrogen and oxygen atoms in total. The Morgan fingerprint density at radius 2 is 2.30 bits per heavy atom. The largest absolute Gasteiger partial charge is 0.481 e. The fourth-order valence-electron chi connectivity index (χ4n) is 3.83. The summed E-state index contributed by atoms with van der Waals surface area (Å²) in [4.78, 5) is 27.0. The standard InChI is InChI=1S/C17H22N2O3S/c1-2-23-14-7-3-6-13(9-14)18-16(22)19-10-12-5-4-8-17(12,11-19)15(20)21/h3,6-7,9,12H,2,4-5,8,10-11H2,1H3,(H,18,22)(H,20,21)/t12-,17+/m0/s1. The first kappa shape index (κ1) is 16.2. The predicted octanol–water partition coefficient (Wildman–Crippen LogP) is 3.52. The first-order valence-corrected chi connectivity index (χ1v) is 9.06. The van der Waals surface area contributed by atoms with E-state index in [0.29, 0.717) is 19.5 Å². The molecule has 1 aliphatic heterocycles. The highest BCUT2D eigenvalue weighted by Crippen LogP contribution is 2.48. The minimum atomic E-state index is -0.753. The average molecular weight is 334 g/mol. The van der Waals surface area contributed by atoms with Crippen LogP contribution >= 0.6 is 11.8 Å². The molecule has 1 saturated carbocycles. The van der Waals surface area contributed by atoms with Crippen LogP contribution in [0.5, 0.6) is 0 Å². The van der Waals surface area contributed by atoms with Gasteiger partial charge in [0.15, 0.2) is 0 Å². The number of anilines is 1. The molecule has 0 unspecified atom stereocenters. The molecule has 1 aromatic rings. The van der Waals surface area contributed by atoms with Crippen molar-refractivity contribution in [3.8, 4) is 0 Å². The minimum absolute atomic E-state index is 0.0905. The van der Waals surface area contributed by atoms with E-state index >= 15 is 0 Å². The van der Waals surface area contributed by atoms with Crippen LogP contribution in [0.2, 0.25) is 0 Å². The van der Waals surface area contributed by atoms with Crippen LogP contribution in [0.1, 0.15) is 26.2 Å². The summed E-state index contributed by atoms with van der Waals surface area (Å²) in [5.74, 6) is 0.316. The van der Waals surface area contributed by atoms with Crippen LogP contribution in [0, 0.1) is 11.3 Å². The summed E-state index contributed by atoms with van der Waals surface area (Å²) < 4.78 is 0. The van der Waals surface area contributed by atoms with Gasteiger partial charge in [0.2, 0.25) is 0 Å². The Kier molecular flexibility index (Phi) is 4.53. The Morgan fingerprint density at radius 1 is 1.48 bits per heavy atom. The summed E-state index contributed by atoms with van der Waals surface area (Å²) >= 11 is 1.72. The summed E-state index contributed by atoms with van der Waals surface area (Å²) in [5, 5.41) is 12.5. The molecule has 2 aliphatic rings. The van der Waals surface area contributed by atoms with E-state index in [9.17, 15) is 14.7 Å². The van der Waals surface area contributed by atoms with Crippen molar-refractivity contribution in [2.75, 3.05) is 24.2 Å². The van der Waals surface area contributed by atoms with Gasteiger partial charge in [-0.2, -0.15) is 0 Å². The molecule has 0 spiro atoms. The molecule has 0 aromatic heterocycles. The normalized spacial score (nSPS) is 26.1. The first-order valence-electron chi connectivity index (χ1n) is 8.07. The summed E-state index contributed by atoms with van der Waals surface area (Å²) in [6.45, 7) is 2.95. The second-order valence-corrected chi connectivity index (χ2v) is 7.66. The lowest BCUT2D eigenvalue weighted by molar-refractivity contribution is -0.149. The average Bonchev–Trinajstić information content (AvgIpc) is 3.05. The van der Waals surface area contributed by atoms with Crippen molar-refractivity contribution in [1.29, 1.82) is 0 Å². The second-order valence-electron chi connectivity index (χ2n) is 6.32. The van der Waals surface area contributed by atoms with Crippen molar-refractivity contribution < 1.29 is 14.7 Å². The van der Waals surface area contributed by atoms with Gasteiger partial charge in [0, 0.05) is 23.7 Å². The van der Waals surface area contributed by atoms with E-state index in [1.807, 2.05) is 24.3 Å². The molecule has 0 radical (unpaired) electrons. The van der Waals surface area contributed by atoms with Crippen molar-refractivity contribution in [2.45, 2.75) is 31.1 Å². The molecule has 1 saturated heterocycles. The number of amides is 2. The Bertz CT molecular complexity index is 622. The van der Waals surface area contributed by atoms with Crippen LogP contribution in [-0.4, -0.2) is 40.8 Å². The highest BCUT2D eigenvalue weighted by molar-refractivity contribution is 7.99. The van der Waals surface area contributed by atoms with Crippen LogP contribution in [-0.2, 0) is 4.79 Å². The van der Waals surface area contributed by atoms with E-state index in [4.69, 9.17) is 0 Å². The van der Waals surface area contributed by atoms with Gasteiger partial charge < -0.3 is 15.3 Å². The fourth-order valence-corrected chi connectivity index (χ4v) is 4.54. The SMILES string of the molecule is CCSc1cccc(NC(=O)N2C[C@@H]3CCC[C@@]3(C(=O)O)C2)c1. The maximum absolute atomic E-state index is 12.5. The molecule has 2 fully saturated rings. The van der Waals surface area contributed by atoms with Gasteiger partial charge in [-0.15, -0.1) is 11.8 Å². The molecule has 3 rings (SSSR count). The summed E-state index contributed by atoms with van der Waals surface area (Å²) in [6.07, 6.45) is 2.53. The predicted molar refractivity (Wildman–Crippen MR) is 90.8 cm³/mol. The van der Waals surface area contributed by atoms with E-state index < -0.39 is 11.4 Å². The van der Waals surface area contributed by atoms with Crippen LogP contribution in [0.15, 0.2) is 29.2 Å². The zero-order valence-corrected chi connectivity index (χ0v) is 14.1. The van der Waals surface area contributed by atoms with Crippen molar-refractivity contribution >= 4 is 29.4 Å². The van der Waals surface area contributed by atoms with E-state index in [1.54, 1.807) is 16.7 Å². The molecular weight excluding hydrogens is 312 g/mol. The number of aliphatic carboxylic acids is 1. The highest BCUT2D eigenvalue weighted by Gasteiger charge is 2.55. The van der Waals surface area contributed by atoms with Crippen molar-refractivity contribution in [3.05, 3.63) is 24.3 Å². The number of carboxylic acid groups (broad SMARTS) is 1. The van der Waals surface area contributed by atoms with Gasteiger partial charge in [-0.1, -0.05) is 19.4 Å². The molecule has 23 heavy (non-hydrogen) atoms. The maximum Gasteiger partial charge on any atom is 0.321 e. The number of rotatable bonds is 4. The molecule has 1 aromatic carbocycles. The lowest BCUT2D eigenvalue weighted by Gasteiger charge is -2.23. The molecule has 1 heterocycles. The van der Waals surface area contributed by atoms with Gasteiger partial charge >= 0.3 is 12.0 Å². The number of urea groups is 1. The lowest BCUT2D eigenvalue weighted by Crippen LogP contribution is -2.38. The van der Waals surface area contributed by atoms with Gasteiger partial charge in [0.05, 0.1) is 5.41 Å². The maximum atomic E-state index is 12.5. The Hall–Kier alpha value is -1.69. The van der Waals surface area contributed by atoms with Crippen LogP contribution in [0.3, 0.4) is 0 Å². The van der Waals surface area contributed by atoms with Gasteiger partial charge in [-0.3, -0.25) is 4.79 Å². The van der Waals surface area contributed by atoms with Crippen molar-refractivity contribution in [2.24, 2.45) is 11.3 Å². The molecule has 124 valence electrons. The van der Waals surface area contributed by atoms with E-state index in [2.05, 4.69) is 12.2 Å². The molecule has 2 amide bonds. The Labute approximate surface area is 140 Å². The third kappa shape index (κ3) is 3.04. The van der Waals surface area contributed by atoms with Crippen LogP contribution < -0.4 is 5.32 Å². The number of carbonyl (C=O) groups is 2. The zero-order valence-electron chi connectivity index (χ0n) is 13.2. The topological polar surface area (TPSA) is 69.6 Å². The number of hydrogen-bond donors (Lipinski definition) is 2. The molecule has 0 bridgehead atoms. The van der Waals surface area contributed by atoms with E-state index in [1.165, 1.54) is 0 Å². The molecule has 1 aliphatic carbocycles. The molecular formula is C17H22N2O3S. The summed E-state index contributed by atoms with van der Waals surface area (Å²) in [5.41, 5.74) is 0.0342. The second kappa shape index (κ2) is 6.43. The number of carbonyl (C=O) groups excluding carboxylic acids is 1. The van der Waals surface area contributed by atoms with Gasteiger partial charge in [0.1, 0.15) is 0 Å². The first-order chi connectivity index (χ1) is 11.0. The Balaban J connectivity index is 1.68. The number of carboxylic acids is 1. The number of fused-ring (bicyclic) bond motifs is 1. The fraction of sp³-hybridized carbons (Fsp3) is 0.529. The van der Waals surface area contributed by atoms with Gasteiger partial charge in [0.25, 0.3) is 0 Å². The zero-order chi connectivity index (χ0) is 16.4. The quantitative estimate of drug-likeness (QED) is 0.827. The molecule has 2 atom stereocenters. The molecule has 2 N–H and O–H groups in total. The van der Waals surface area contributed by atoms with E-state index in [0.717, 1.165) is 29.2 Å². The monoisotopic (exact) mass is 334 g/mol. The number of nitrogens with zero attached hydrogens (tertiary/aromatic N) is 1. The number of thioether (sulfide) groups is 1. The lowest BCUT2D eigenvalue weighted by atomic mass is 9.81. The Morgan fingerprint density at radius 3 is 3.00 bits per heavy atom. The van der Waals surface area contributed by atoms with Crippen molar-refractivity contribution in [1.82, 2.24) is 4.90 Å². The summed E-state index contributed by atoms with van der Waals surface area (Å²) in [6, 6.07) is 7.56. The van der Waals surface area contributed by atoms with Crippen molar-refractivity contribution in [3.63, 3.8) is 0 Å². The van der Waals surface area contributed by atoms with E-state index in [-0.39, 0.29) is 11.9 Å². The third-order valence-corrected chi connectivity index (χ3v) is 5.86. The van der Waals surface area contributed by atoms with Gasteiger partial charge in [-0.05, 0) is 42.7 Å².